The van der Waals surface area contributed by atoms with Gasteiger partial charge in [-0.15, -0.1) is 0 Å². The first-order valence-electron chi connectivity index (χ1n) is 12.9. The molecule has 0 aromatic rings. The molecular formula is C26H56OSiSn. The van der Waals surface area contributed by atoms with Crippen LogP contribution < -0.4 is 0 Å². The van der Waals surface area contributed by atoms with Crippen LogP contribution in [0.1, 0.15) is 113 Å². The van der Waals surface area contributed by atoms with Crippen molar-refractivity contribution in [3.05, 3.63) is 10.2 Å². The van der Waals surface area contributed by atoms with Crippen LogP contribution >= 0.6 is 0 Å². The zero-order chi connectivity index (χ0) is 22.4. The third-order valence-corrected chi connectivity index (χ3v) is 25.7. The minimum atomic E-state index is -2.22. The van der Waals surface area contributed by atoms with Gasteiger partial charge in [0, 0.05) is 0 Å². The zero-order valence-corrected chi connectivity index (χ0v) is 25.7. The summed E-state index contributed by atoms with van der Waals surface area (Å²) in [6.45, 7) is 21.4. The SMILES string of the molecule is CCCCCC(/C=[CH]/[Sn]([CH2]CCC)([CH2]CCC)[CH2]CCC)O[Si](C)(C)C(C)(C)C. The van der Waals surface area contributed by atoms with Gasteiger partial charge in [0.05, 0.1) is 0 Å². The average Bonchev–Trinajstić information content (AvgIpc) is 2.65. The molecule has 0 bridgehead atoms. The fourth-order valence-corrected chi connectivity index (χ4v) is 19.6. The molecule has 0 saturated heterocycles. The van der Waals surface area contributed by atoms with Crippen LogP contribution in [0.4, 0.5) is 0 Å². The predicted molar refractivity (Wildman–Crippen MR) is 140 cm³/mol. The molecule has 1 atom stereocenters. The molecule has 0 aliphatic heterocycles. The third-order valence-electron chi connectivity index (χ3n) is 7.09. The van der Waals surface area contributed by atoms with Crippen LogP contribution in [-0.4, -0.2) is 32.8 Å². The Morgan fingerprint density at radius 2 is 1.21 bits per heavy atom. The number of hydrogen-bond donors (Lipinski definition) is 0. The molecule has 0 spiro atoms. The first-order valence-corrected chi connectivity index (χ1v) is 23.6. The van der Waals surface area contributed by atoms with Gasteiger partial charge in [-0.05, 0) is 0 Å². The Morgan fingerprint density at radius 3 is 1.59 bits per heavy atom. The zero-order valence-electron chi connectivity index (χ0n) is 21.8. The van der Waals surface area contributed by atoms with E-state index in [1.54, 1.807) is 13.3 Å². The summed E-state index contributed by atoms with van der Waals surface area (Å²) in [4.78, 5) is 0. The van der Waals surface area contributed by atoms with Gasteiger partial charge < -0.3 is 0 Å². The van der Waals surface area contributed by atoms with Crippen LogP contribution in [0.15, 0.2) is 10.2 Å². The molecule has 29 heavy (non-hydrogen) atoms. The number of unbranched alkanes of at least 4 members (excludes halogenated alkanes) is 5. The van der Waals surface area contributed by atoms with Crippen molar-refractivity contribution in [3.8, 4) is 0 Å². The van der Waals surface area contributed by atoms with Crippen molar-refractivity contribution in [3.63, 3.8) is 0 Å². The fourth-order valence-electron chi connectivity index (χ4n) is 3.87. The van der Waals surface area contributed by atoms with Crippen molar-refractivity contribution in [2.24, 2.45) is 0 Å². The van der Waals surface area contributed by atoms with E-state index in [4.69, 9.17) is 4.43 Å². The van der Waals surface area contributed by atoms with Crippen LogP contribution in [0.5, 0.6) is 0 Å². The summed E-state index contributed by atoms with van der Waals surface area (Å²) in [5, 5.41) is 0.289. The van der Waals surface area contributed by atoms with Crippen molar-refractivity contribution in [1.29, 1.82) is 0 Å². The molecule has 0 N–H and O–H groups in total. The van der Waals surface area contributed by atoms with Gasteiger partial charge >= 0.3 is 192 Å². The molecule has 0 aromatic heterocycles. The second-order valence-electron chi connectivity index (χ2n) is 10.9. The first kappa shape index (κ1) is 29.7. The van der Waals surface area contributed by atoms with Gasteiger partial charge in [-0.1, -0.05) is 0 Å². The van der Waals surface area contributed by atoms with Crippen LogP contribution in [0.2, 0.25) is 31.4 Å². The van der Waals surface area contributed by atoms with Crippen molar-refractivity contribution >= 4 is 26.7 Å². The minimum absolute atomic E-state index is 0.289. The van der Waals surface area contributed by atoms with Crippen LogP contribution in [0.3, 0.4) is 0 Å². The van der Waals surface area contributed by atoms with E-state index in [9.17, 15) is 0 Å². The number of hydrogen-bond acceptors (Lipinski definition) is 1. The molecule has 0 rings (SSSR count). The third kappa shape index (κ3) is 12.4. The maximum atomic E-state index is 6.94. The van der Waals surface area contributed by atoms with Gasteiger partial charge in [0.25, 0.3) is 0 Å². The van der Waals surface area contributed by atoms with Crippen LogP contribution in [-0.2, 0) is 4.43 Å². The molecule has 0 fully saturated rings. The van der Waals surface area contributed by atoms with Gasteiger partial charge in [0.15, 0.2) is 0 Å². The summed E-state index contributed by atoms with van der Waals surface area (Å²) in [7, 11) is -1.73. The Labute approximate surface area is 190 Å². The maximum absolute atomic E-state index is 6.94. The van der Waals surface area contributed by atoms with Crippen molar-refractivity contribution in [1.82, 2.24) is 0 Å². The predicted octanol–water partition coefficient (Wildman–Crippen LogP) is 9.90. The van der Waals surface area contributed by atoms with Gasteiger partial charge in [0.1, 0.15) is 0 Å². The van der Waals surface area contributed by atoms with Gasteiger partial charge in [0.2, 0.25) is 0 Å². The van der Waals surface area contributed by atoms with Gasteiger partial charge in [-0.3, -0.25) is 0 Å². The van der Waals surface area contributed by atoms with E-state index in [-0.39, 0.29) is 5.04 Å². The second-order valence-corrected chi connectivity index (χ2v) is 28.7. The molecule has 1 unspecified atom stereocenters. The standard InChI is InChI=1S/C14H29OSi.3C4H9.Sn/c1-8-10-11-12-13(9-2)15-16(6,7)14(3,4)5;3*1-3-4-2;/h2,9,13H,8,10-12H2,1,3-7H3;3*1,3-4H2,2H3;. The van der Waals surface area contributed by atoms with Crippen LogP contribution in [0.25, 0.3) is 0 Å². The first-order chi connectivity index (χ1) is 13.6. The Bertz CT molecular complexity index is 403. The molecule has 0 saturated carbocycles. The summed E-state index contributed by atoms with van der Waals surface area (Å²) < 4.78 is 14.5. The molecule has 0 aromatic carbocycles. The Kier molecular flexibility index (Phi) is 15.9. The van der Waals surface area contributed by atoms with Crippen molar-refractivity contribution in [2.45, 2.75) is 150 Å². The van der Waals surface area contributed by atoms with E-state index in [1.165, 1.54) is 64.2 Å². The van der Waals surface area contributed by atoms with E-state index in [0.717, 1.165) is 0 Å². The van der Waals surface area contributed by atoms with E-state index < -0.39 is 26.7 Å². The topological polar surface area (TPSA) is 9.23 Å². The second kappa shape index (κ2) is 15.5. The molecule has 0 aliphatic rings. The quantitative estimate of drug-likeness (QED) is 0.134. The number of rotatable bonds is 17. The van der Waals surface area contributed by atoms with Crippen LogP contribution in [0, 0.1) is 0 Å². The van der Waals surface area contributed by atoms with Crippen molar-refractivity contribution < 1.29 is 4.43 Å². The van der Waals surface area contributed by atoms with Crippen molar-refractivity contribution in [2.75, 3.05) is 0 Å². The summed E-state index contributed by atoms with van der Waals surface area (Å²) in [5.41, 5.74) is 0. The summed E-state index contributed by atoms with van der Waals surface area (Å²) in [5.74, 6) is 0. The molecule has 0 amide bonds. The van der Waals surface area contributed by atoms with Gasteiger partial charge in [-0.25, -0.2) is 0 Å². The molecule has 1 nitrogen and oxygen atoms in total. The Hall–Kier alpha value is 0.716. The fraction of sp³-hybridized carbons (Fsp3) is 0.923. The molecule has 3 heteroatoms. The summed E-state index contributed by atoms with van der Waals surface area (Å²) in [6.07, 6.45) is 16.5. The molecule has 0 radical (unpaired) electrons. The van der Waals surface area contributed by atoms with E-state index >= 15 is 0 Å². The Balaban J connectivity index is 5.60. The molecule has 174 valence electrons. The monoisotopic (exact) mass is 532 g/mol. The average molecular weight is 532 g/mol. The summed E-state index contributed by atoms with van der Waals surface area (Å²) >= 11 is -2.22. The van der Waals surface area contributed by atoms with E-state index in [2.05, 4.69) is 71.7 Å². The normalized spacial score (nSPS) is 14.7. The molecule has 0 aliphatic carbocycles. The Morgan fingerprint density at radius 1 is 0.759 bits per heavy atom. The van der Waals surface area contributed by atoms with E-state index in [1.807, 2.05) is 0 Å². The van der Waals surface area contributed by atoms with E-state index in [0.29, 0.717) is 6.10 Å². The molecular weight excluding hydrogens is 475 g/mol. The molecule has 0 heterocycles. The van der Waals surface area contributed by atoms with Gasteiger partial charge in [-0.2, -0.15) is 0 Å². The summed E-state index contributed by atoms with van der Waals surface area (Å²) in [6, 6.07) is 0.